The first kappa shape index (κ1) is 21.5. The van der Waals surface area contributed by atoms with Gasteiger partial charge in [0.25, 0.3) is 0 Å². The Balaban J connectivity index is 1.76. The summed E-state index contributed by atoms with van der Waals surface area (Å²) in [6.45, 7) is 3.47. The van der Waals surface area contributed by atoms with Crippen molar-refractivity contribution < 1.29 is 9.90 Å². The average molecular weight is 417 g/mol. The van der Waals surface area contributed by atoms with E-state index >= 15 is 0 Å². The lowest BCUT2D eigenvalue weighted by atomic mass is 9.85. The largest absolute Gasteiger partial charge is 0.386 e. The highest BCUT2D eigenvalue weighted by molar-refractivity contribution is 6.29. The number of nitrogens with one attached hydrogen (secondary N) is 1. The minimum absolute atomic E-state index is 0.111. The number of hydrogen-bond acceptors (Lipinski definition) is 5. The zero-order chi connectivity index (χ0) is 21.2. The molecule has 7 heteroatoms. The van der Waals surface area contributed by atoms with Crippen LogP contribution in [0.4, 0.5) is 5.69 Å². The maximum Gasteiger partial charge on any atom is 0.225 e. The number of carbonyl (C=O) groups is 1. The van der Waals surface area contributed by atoms with Crippen LogP contribution >= 0.6 is 11.6 Å². The van der Waals surface area contributed by atoms with Gasteiger partial charge in [-0.25, -0.2) is 4.98 Å². The van der Waals surface area contributed by atoms with Crippen LogP contribution in [0.5, 0.6) is 0 Å². The summed E-state index contributed by atoms with van der Waals surface area (Å²) < 4.78 is 0. The van der Waals surface area contributed by atoms with Crippen LogP contribution in [-0.2, 0) is 10.4 Å². The highest BCUT2D eigenvalue weighted by Crippen LogP contribution is 2.33. The molecule has 3 rings (SSSR count). The second-order valence-corrected chi connectivity index (χ2v) is 8.86. The minimum Gasteiger partial charge on any atom is -0.386 e. The summed E-state index contributed by atoms with van der Waals surface area (Å²) in [7, 11) is 3.63. The average Bonchev–Trinajstić information content (AvgIpc) is 2.67. The number of hydrogen-bond donors (Lipinski definition) is 2. The van der Waals surface area contributed by atoms with E-state index in [0.29, 0.717) is 5.15 Å². The summed E-state index contributed by atoms with van der Waals surface area (Å²) in [6, 6.07) is 5.85. The first-order valence-electron chi connectivity index (χ1n) is 9.97. The van der Waals surface area contributed by atoms with E-state index < -0.39 is 5.60 Å². The molecule has 2 aromatic rings. The Labute approximate surface area is 177 Å². The summed E-state index contributed by atoms with van der Waals surface area (Å²) in [6.07, 6.45) is 7.01. The molecule has 0 spiro atoms. The molecule has 2 aromatic heterocycles. The molecule has 156 valence electrons. The van der Waals surface area contributed by atoms with Crippen molar-refractivity contribution in [1.29, 1.82) is 0 Å². The van der Waals surface area contributed by atoms with Crippen molar-refractivity contribution in [2.24, 2.45) is 5.92 Å². The molecule has 0 atom stereocenters. The van der Waals surface area contributed by atoms with Crippen LogP contribution in [0.1, 0.15) is 45.1 Å². The Kier molecular flexibility index (Phi) is 6.44. The zero-order valence-corrected chi connectivity index (χ0v) is 18.2. The molecule has 0 radical (unpaired) electrons. The molecular weight excluding hydrogens is 388 g/mol. The van der Waals surface area contributed by atoms with Crippen molar-refractivity contribution in [1.82, 2.24) is 14.9 Å². The van der Waals surface area contributed by atoms with Crippen molar-refractivity contribution in [2.75, 3.05) is 19.4 Å². The first-order chi connectivity index (χ1) is 13.6. The molecule has 0 aliphatic heterocycles. The topological polar surface area (TPSA) is 78.4 Å². The number of rotatable bonds is 5. The molecule has 6 nitrogen and oxygen atoms in total. The predicted molar refractivity (Wildman–Crippen MR) is 116 cm³/mol. The van der Waals surface area contributed by atoms with Gasteiger partial charge in [-0.15, -0.1) is 0 Å². The molecule has 1 fully saturated rings. The Morgan fingerprint density at radius 1 is 1.17 bits per heavy atom. The molecule has 0 aromatic carbocycles. The summed E-state index contributed by atoms with van der Waals surface area (Å²) >= 11 is 6.15. The molecule has 2 N–H and O–H groups in total. The van der Waals surface area contributed by atoms with Gasteiger partial charge in [0.2, 0.25) is 5.91 Å². The maximum atomic E-state index is 12.2. The summed E-state index contributed by atoms with van der Waals surface area (Å²) in [5, 5.41) is 14.1. The highest BCUT2D eigenvalue weighted by Gasteiger charge is 2.27. The van der Waals surface area contributed by atoms with E-state index in [0.717, 1.165) is 48.2 Å². The van der Waals surface area contributed by atoms with Crippen molar-refractivity contribution in [3.63, 3.8) is 0 Å². The normalized spacial score (nSPS) is 19.7. The van der Waals surface area contributed by atoms with Crippen LogP contribution in [0.25, 0.3) is 11.3 Å². The first-order valence-corrected chi connectivity index (χ1v) is 10.4. The predicted octanol–water partition coefficient (Wildman–Crippen LogP) is 4.08. The van der Waals surface area contributed by atoms with Gasteiger partial charge in [-0.2, -0.15) is 0 Å². The molecule has 1 aliphatic carbocycles. The van der Waals surface area contributed by atoms with E-state index in [1.807, 2.05) is 32.3 Å². The monoisotopic (exact) mass is 416 g/mol. The third-order valence-corrected chi connectivity index (χ3v) is 5.70. The van der Waals surface area contributed by atoms with Gasteiger partial charge in [-0.1, -0.05) is 17.7 Å². The van der Waals surface area contributed by atoms with Crippen LogP contribution in [-0.4, -0.2) is 46.0 Å². The molecule has 29 heavy (non-hydrogen) atoms. The van der Waals surface area contributed by atoms with Gasteiger partial charge in [-0.3, -0.25) is 9.78 Å². The number of amides is 1. The smallest absolute Gasteiger partial charge is 0.225 e. The van der Waals surface area contributed by atoms with Crippen molar-refractivity contribution >= 4 is 23.2 Å². The fourth-order valence-corrected chi connectivity index (χ4v) is 3.90. The number of anilines is 1. The van der Waals surface area contributed by atoms with Gasteiger partial charge >= 0.3 is 0 Å². The third kappa shape index (κ3) is 5.25. The third-order valence-electron chi connectivity index (χ3n) is 5.49. The van der Waals surface area contributed by atoms with Crippen LogP contribution in [0.2, 0.25) is 5.15 Å². The SMILES string of the molecule is CN(C)C(=O)C1CCC(Nc2cc(Cl)ncc2-c2ccc(C(C)(C)O)cn2)CC1. The second kappa shape index (κ2) is 8.67. The lowest BCUT2D eigenvalue weighted by Crippen LogP contribution is -2.35. The number of aliphatic hydroxyl groups is 1. The Hall–Kier alpha value is -2.18. The summed E-state index contributed by atoms with van der Waals surface area (Å²) in [4.78, 5) is 22.6. The zero-order valence-electron chi connectivity index (χ0n) is 17.4. The van der Waals surface area contributed by atoms with E-state index in [2.05, 4.69) is 15.3 Å². The van der Waals surface area contributed by atoms with Crippen molar-refractivity contribution in [2.45, 2.75) is 51.2 Å². The molecule has 1 amide bonds. The van der Waals surface area contributed by atoms with Crippen LogP contribution in [0, 0.1) is 5.92 Å². The van der Waals surface area contributed by atoms with Crippen molar-refractivity contribution in [3.8, 4) is 11.3 Å². The van der Waals surface area contributed by atoms with Gasteiger partial charge in [0.1, 0.15) is 5.15 Å². The van der Waals surface area contributed by atoms with E-state index in [4.69, 9.17) is 11.6 Å². The minimum atomic E-state index is -0.937. The molecule has 2 heterocycles. The molecule has 1 saturated carbocycles. The molecular formula is C22H29ClN4O2. The quantitative estimate of drug-likeness (QED) is 0.718. The summed E-state index contributed by atoms with van der Waals surface area (Å²) in [5.74, 6) is 0.326. The molecule has 0 bridgehead atoms. The standard InChI is InChI=1S/C22H29ClN4O2/c1-22(2,29)15-7-10-18(24-12-15)17-13-25-20(23)11-19(17)26-16-8-5-14(6-9-16)21(28)27(3)4/h7,10-14,16,29H,5-6,8-9H2,1-4H3,(H,25,26). The van der Waals surface area contributed by atoms with Crippen LogP contribution in [0.3, 0.4) is 0 Å². The second-order valence-electron chi connectivity index (χ2n) is 8.47. The molecule has 1 aliphatic rings. The number of carbonyl (C=O) groups excluding carboxylic acids is 1. The van der Waals surface area contributed by atoms with Crippen LogP contribution < -0.4 is 5.32 Å². The van der Waals surface area contributed by atoms with Gasteiger partial charge in [0, 0.05) is 55.3 Å². The lowest BCUT2D eigenvalue weighted by molar-refractivity contribution is -0.133. The van der Waals surface area contributed by atoms with Gasteiger partial charge < -0.3 is 15.3 Å². The number of aromatic nitrogens is 2. The molecule has 0 unspecified atom stereocenters. The molecule has 0 saturated heterocycles. The van der Waals surface area contributed by atoms with Gasteiger partial charge in [-0.05, 0) is 51.7 Å². The summed E-state index contributed by atoms with van der Waals surface area (Å²) in [5.41, 5.74) is 2.33. The van der Waals surface area contributed by atoms with Crippen LogP contribution in [0.15, 0.2) is 30.6 Å². The number of pyridine rings is 2. The fourth-order valence-electron chi connectivity index (χ4n) is 3.74. The fraction of sp³-hybridized carbons (Fsp3) is 0.500. The number of nitrogens with zero attached hydrogens (tertiary/aromatic N) is 3. The van der Waals surface area contributed by atoms with E-state index in [1.165, 1.54) is 0 Å². The highest BCUT2D eigenvalue weighted by atomic mass is 35.5. The number of halogens is 1. The van der Waals surface area contributed by atoms with E-state index in [-0.39, 0.29) is 17.9 Å². The van der Waals surface area contributed by atoms with E-state index in [1.54, 1.807) is 31.1 Å². The van der Waals surface area contributed by atoms with Crippen molar-refractivity contribution in [3.05, 3.63) is 41.3 Å². The lowest BCUT2D eigenvalue weighted by Gasteiger charge is -2.31. The van der Waals surface area contributed by atoms with E-state index in [9.17, 15) is 9.90 Å². The van der Waals surface area contributed by atoms with Gasteiger partial charge in [0.15, 0.2) is 0 Å². The maximum absolute atomic E-state index is 12.2. The Morgan fingerprint density at radius 3 is 2.41 bits per heavy atom. The Morgan fingerprint density at radius 2 is 1.86 bits per heavy atom. The Bertz CT molecular complexity index is 854. The van der Waals surface area contributed by atoms with Gasteiger partial charge in [0.05, 0.1) is 11.3 Å².